The van der Waals surface area contributed by atoms with Crippen LogP contribution >= 0.6 is 11.3 Å². The molecule has 0 radical (unpaired) electrons. The Labute approximate surface area is 109 Å². The standard InChI is InChI=1S/C14H24N2S/c1-4-12-10-16(11(3)9-15-12)13(5-2)14-7-6-8-17-14/h6-8,11-13,15H,4-5,9-10H2,1-3H3. The molecule has 1 aliphatic heterocycles. The summed E-state index contributed by atoms with van der Waals surface area (Å²) in [5, 5.41) is 5.83. The Morgan fingerprint density at radius 3 is 2.94 bits per heavy atom. The van der Waals surface area contributed by atoms with Crippen molar-refractivity contribution in [1.82, 2.24) is 10.2 Å². The van der Waals surface area contributed by atoms with Crippen molar-refractivity contribution in [3.05, 3.63) is 22.4 Å². The topological polar surface area (TPSA) is 15.3 Å². The molecule has 3 unspecified atom stereocenters. The van der Waals surface area contributed by atoms with Gasteiger partial charge in [-0.2, -0.15) is 0 Å². The third-order valence-electron chi connectivity index (χ3n) is 3.85. The summed E-state index contributed by atoms with van der Waals surface area (Å²) < 4.78 is 0. The van der Waals surface area contributed by atoms with Crippen LogP contribution in [0.5, 0.6) is 0 Å². The minimum absolute atomic E-state index is 0.612. The summed E-state index contributed by atoms with van der Waals surface area (Å²) in [6, 6.07) is 6.38. The van der Waals surface area contributed by atoms with Crippen molar-refractivity contribution in [3.8, 4) is 0 Å². The van der Waals surface area contributed by atoms with Gasteiger partial charge in [-0.25, -0.2) is 0 Å². The van der Waals surface area contributed by atoms with E-state index < -0.39 is 0 Å². The maximum absolute atomic E-state index is 3.63. The van der Waals surface area contributed by atoms with Gasteiger partial charge >= 0.3 is 0 Å². The summed E-state index contributed by atoms with van der Waals surface area (Å²) in [7, 11) is 0. The zero-order valence-corrected chi connectivity index (χ0v) is 12.0. The van der Waals surface area contributed by atoms with Gasteiger partial charge in [0, 0.05) is 36.1 Å². The van der Waals surface area contributed by atoms with E-state index in [1.165, 1.54) is 24.3 Å². The van der Waals surface area contributed by atoms with Crippen molar-refractivity contribution in [2.45, 2.75) is 51.7 Å². The molecule has 2 rings (SSSR count). The summed E-state index contributed by atoms with van der Waals surface area (Å²) in [6.07, 6.45) is 2.44. The van der Waals surface area contributed by atoms with Crippen molar-refractivity contribution < 1.29 is 0 Å². The highest BCUT2D eigenvalue weighted by Crippen LogP contribution is 2.30. The first-order valence-corrected chi connectivity index (χ1v) is 7.66. The van der Waals surface area contributed by atoms with Gasteiger partial charge in [0.05, 0.1) is 0 Å². The zero-order chi connectivity index (χ0) is 12.3. The number of thiophene rings is 1. The first-order chi connectivity index (χ1) is 8.26. The average molecular weight is 252 g/mol. The lowest BCUT2D eigenvalue weighted by molar-refractivity contribution is 0.0884. The minimum atomic E-state index is 0.612. The van der Waals surface area contributed by atoms with Crippen molar-refractivity contribution in [2.75, 3.05) is 13.1 Å². The molecule has 0 aliphatic carbocycles. The number of nitrogens with one attached hydrogen (secondary N) is 1. The number of nitrogens with zero attached hydrogens (tertiary/aromatic N) is 1. The van der Waals surface area contributed by atoms with Gasteiger partial charge in [0.25, 0.3) is 0 Å². The van der Waals surface area contributed by atoms with Gasteiger partial charge in [-0.3, -0.25) is 4.90 Å². The second-order valence-corrected chi connectivity index (χ2v) is 5.98. The predicted octanol–water partition coefficient (Wildman–Crippen LogP) is 3.27. The second kappa shape index (κ2) is 5.98. The molecular formula is C14H24N2S. The second-order valence-electron chi connectivity index (χ2n) is 5.00. The number of hydrogen-bond acceptors (Lipinski definition) is 3. The Hall–Kier alpha value is -0.380. The van der Waals surface area contributed by atoms with Gasteiger partial charge in [0.15, 0.2) is 0 Å². The van der Waals surface area contributed by atoms with Gasteiger partial charge in [0.1, 0.15) is 0 Å². The third-order valence-corrected chi connectivity index (χ3v) is 4.82. The Bertz CT molecular complexity index is 323. The first-order valence-electron chi connectivity index (χ1n) is 6.78. The summed E-state index contributed by atoms with van der Waals surface area (Å²) in [5.41, 5.74) is 0. The molecule has 96 valence electrons. The van der Waals surface area contributed by atoms with E-state index in [0.717, 1.165) is 6.54 Å². The summed E-state index contributed by atoms with van der Waals surface area (Å²) >= 11 is 1.90. The van der Waals surface area contributed by atoms with Crippen LogP contribution in [0.25, 0.3) is 0 Å². The van der Waals surface area contributed by atoms with Crippen LogP contribution in [-0.2, 0) is 0 Å². The van der Waals surface area contributed by atoms with E-state index in [1.54, 1.807) is 0 Å². The van der Waals surface area contributed by atoms with Crippen LogP contribution in [0.4, 0.5) is 0 Å². The molecule has 1 N–H and O–H groups in total. The zero-order valence-electron chi connectivity index (χ0n) is 11.1. The molecule has 3 atom stereocenters. The fraction of sp³-hybridized carbons (Fsp3) is 0.714. The van der Waals surface area contributed by atoms with Crippen LogP contribution in [-0.4, -0.2) is 30.1 Å². The highest BCUT2D eigenvalue weighted by Gasteiger charge is 2.29. The summed E-state index contributed by atoms with van der Waals surface area (Å²) in [5.74, 6) is 0. The molecule has 0 spiro atoms. The van der Waals surface area contributed by atoms with E-state index in [4.69, 9.17) is 0 Å². The van der Waals surface area contributed by atoms with Gasteiger partial charge in [-0.05, 0) is 31.2 Å². The molecule has 0 saturated carbocycles. The van der Waals surface area contributed by atoms with Crippen molar-refractivity contribution in [3.63, 3.8) is 0 Å². The largest absolute Gasteiger partial charge is 0.311 e. The van der Waals surface area contributed by atoms with Crippen LogP contribution in [0.1, 0.15) is 44.5 Å². The van der Waals surface area contributed by atoms with Crippen LogP contribution in [0.2, 0.25) is 0 Å². The lowest BCUT2D eigenvalue weighted by atomic mass is 10.0. The molecular weight excluding hydrogens is 228 g/mol. The third kappa shape index (κ3) is 2.90. The van der Waals surface area contributed by atoms with Gasteiger partial charge < -0.3 is 5.32 Å². The van der Waals surface area contributed by atoms with Gasteiger partial charge in [-0.1, -0.05) is 19.9 Å². The maximum atomic E-state index is 3.63. The Morgan fingerprint density at radius 1 is 1.53 bits per heavy atom. The highest BCUT2D eigenvalue weighted by molar-refractivity contribution is 7.10. The Kier molecular flexibility index (Phi) is 4.60. The first kappa shape index (κ1) is 13.1. The molecule has 1 aliphatic rings. The van der Waals surface area contributed by atoms with E-state index in [9.17, 15) is 0 Å². The Balaban J connectivity index is 2.12. The fourth-order valence-electron chi connectivity index (χ4n) is 2.74. The molecule has 0 aromatic carbocycles. The van der Waals surface area contributed by atoms with Crippen LogP contribution in [0.15, 0.2) is 17.5 Å². The lowest BCUT2D eigenvalue weighted by Crippen LogP contribution is -2.55. The van der Waals surface area contributed by atoms with E-state index in [2.05, 4.69) is 48.5 Å². The van der Waals surface area contributed by atoms with Crippen LogP contribution in [0, 0.1) is 0 Å². The van der Waals surface area contributed by atoms with Crippen molar-refractivity contribution in [1.29, 1.82) is 0 Å². The fourth-order valence-corrected chi connectivity index (χ4v) is 3.67. The lowest BCUT2D eigenvalue weighted by Gasteiger charge is -2.42. The number of rotatable bonds is 4. The van der Waals surface area contributed by atoms with Crippen LogP contribution in [0.3, 0.4) is 0 Å². The molecule has 17 heavy (non-hydrogen) atoms. The molecule has 1 fully saturated rings. The minimum Gasteiger partial charge on any atom is -0.311 e. The van der Waals surface area contributed by atoms with Gasteiger partial charge in [0.2, 0.25) is 0 Å². The molecule has 3 heteroatoms. The van der Waals surface area contributed by atoms with E-state index in [1.807, 2.05) is 11.3 Å². The SMILES string of the molecule is CCC1CN(C(CC)c2cccs2)C(C)CN1. The van der Waals surface area contributed by atoms with Crippen LogP contribution < -0.4 is 5.32 Å². The van der Waals surface area contributed by atoms with Gasteiger partial charge in [-0.15, -0.1) is 11.3 Å². The summed E-state index contributed by atoms with van der Waals surface area (Å²) in [6.45, 7) is 9.24. The summed E-state index contributed by atoms with van der Waals surface area (Å²) in [4.78, 5) is 4.22. The van der Waals surface area contributed by atoms with E-state index >= 15 is 0 Å². The van der Waals surface area contributed by atoms with Crippen molar-refractivity contribution >= 4 is 11.3 Å². The van der Waals surface area contributed by atoms with E-state index in [-0.39, 0.29) is 0 Å². The maximum Gasteiger partial charge on any atom is 0.0442 e. The number of hydrogen-bond donors (Lipinski definition) is 1. The Morgan fingerprint density at radius 2 is 2.35 bits per heavy atom. The molecule has 1 aromatic heterocycles. The molecule has 2 heterocycles. The predicted molar refractivity (Wildman–Crippen MR) is 75.6 cm³/mol. The average Bonchev–Trinajstić information content (AvgIpc) is 2.86. The molecule has 1 aromatic rings. The smallest absolute Gasteiger partial charge is 0.0442 e. The molecule has 1 saturated heterocycles. The molecule has 2 nitrogen and oxygen atoms in total. The van der Waals surface area contributed by atoms with Crippen molar-refractivity contribution in [2.24, 2.45) is 0 Å². The van der Waals surface area contributed by atoms with E-state index in [0.29, 0.717) is 18.1 Å². The highest BCUT2D eigenvalue weighted by atomic mass is 32.1. The molecule has 0 bridgehead atoms. The number of piperazine rings is 1. The monoisotopic (exact) mass is 252 g/mol. The molecule has 0 amide bonds. The normalized spacial score (nSPS) is 28.2. The quantitative estimate of drug-likeness (QED) is 0.885.